The van der Waals surface area contributed by atoms with E-state index < -0.39 is 10.7 Å². The summed E-state index contributed by atoms with van der Waals surface area (Å²) in [7, 11) is 1.58. The van der Waals surface area contributed by atoms with Crippen LogP contribution in [0.25, 0.3) is 0 Å². The minimum Gasteiger partial charge on any atom is -0.434 e. The molecular weight excluding hydrogens is 347 g/mol. The van der Waals surface area contributed by atoms with Crippen molar-refractivity contribution in [3.05, 3.63) is 44.3 Å². The zero-order valence-electron chi connectivity index (χ0n) is 11.1. The molecule has 7 nitrogen and oxygen atoms in total. The highest BCUT2D eigenvalue weighted by Crippen LogP contribution is 2.33. The second kappa shape index (κ2) is 6.00. The average Bonchev–Trinajstić information content (AvgIpc) is 2.41. The number of nitrogens with zero attached hydrogens (tertiary/aromatic N) is 3. The number of aryl methyl sites for hydroxylation is 1. The fourth-order valence-electron chi connectivity index (χ4n) is 1.59. The molecule has 0 spiro atoms. The number of ether oxygens (including phenoxy) is 1. The highest BCUT2D eigenvalue weighted by molar-refractivity contribution is 9.10. The Hall–Kier alpha value is -2.29. The molecule has 1 aromatic carbocycles. The van der Waals surface area contributed by atoms with Crippen molar-refractivity contribution in [2.24, 2.45) is 0 Å². The highest BCUT2D eigenvalue weighted by atomic mass is 79.9. The molecule has 0 aliphatic carbocycles. The van der Waals surface area contributed by atoms with Crippen LogP contribution in [0, 0.1) is 22.9 Å². The molecular formula is C12H10BrFN4O3. The number of rotatable bonds is 4. The first-order chi connectivity index (χ1) is 9.92. The predicted octanol–water partition coefficient (Wildman–Crippen LogP) is 3.43. The van der Waals surface area contributed by atoms with Crippen molar-refractivity contribution in [3.63, 3.8) is 0 Å². The maximum atomic E-state index is 13.2. The average molecular weight is 357 g/mol. The maximum absolute atomic E-state index is 13.2. The Morgan fingerprint density at radius 3 is 2.71 bits per heavy atom. The standard InChI is InChI=1S/C12H10BrFN4O3/c1-6-10(18(19)20)11(17-12(15-2)16-6)21-7-3-4-9(14)8(13)5-7/h3-5H,1-2H3,(H,15,16,17). The minimum absolute atomic E-state index is 0.163. The topological polar surface area (TPSA) is 90.2 Å². The number of halogens is 2. The first-order valence-electron chi connectivity index (χ1n) is 5.76. The Labute approximate surface area is 127 Å². The van der Waals surface area contributed by atoms with Crippen molar-refractivity contribution >= 4 is 27.6 Å². The number of aromatic nitrogens is 2. The Kier molecular flexibility index (Phi) is 4.32. The van der Waals surface area contributed by atoms with Gasteiger partial charge in [0.2, 0.25) is 5.95 Å². The van der Waals surface area contributed by atoms with Crippen LogP contribution in [-0.2, 0) is 0 Å². The van der Waals surface area contributed by atoms with Crippen LogP contribution in [0.5, 0.6) is 11.6 Å². The molecule has 21 heavy (non-hydrogen) atoms. The summed E-state index contributed by atoms with van der Waals surface area (Å²) in [5.74, 6) is -0.275. The van der Waals surface area contributed by atoms with Crippen LogP contribution in [0.1, 0.15) is 5.69 Å². The van der Waals surface area contributed by atoms with Crippen LogP contribution in [-0.4, -0.2) is 21.9 Å². The molecule has 9 heteroatoms. The Bertz CT molecular complexity index is 711. The minimum atomic E-state index is -0.622. The number of anilines is 1. The Balaban J connectivity index is 2.48. The van der Waals surface area contributed by atoms with E-state index in [0.29, 0.717) is 0 Å². The fraction of sp³-hybridized carbons (Fsp3) is 0.167. The molecule has 0 aliphatic rings. The summed E-state index contributed by atoms with van der Waals surface area (Å²) in [4.78, 5) is 18.3. The second-order valence-electron chi connectivity index (χ2n) is 3.97. The van der Waals surface area contributed by atoms with Crippen LogP contribution < -0.4 is 10.1 Å². The van der Waals surface area contributed by atoms with Crippen LogP contribution >= 0.6 is 15.9 Å². The SMILES string of the molecule is CNc1nc(C)c([N+](=O)[O-])c(Oc2ccc(F)c(Br)c2)n1. The van der Waals surface area contributed by atoms with Gasteiger partial charge in [0, 0.05) is 7.05 Å². The molecule has 0 saturated carbocycles. The van der Waals surface area contributed by atoms with E-state index >= 15 is 0 Å². The number of benzene rings is 1. The van der Waals surface area contributed by atoms with Gasteiger partial charge in [-0.2, -0.15) is 4.98 Å². The lowest BCUT2D eigenvalue weighted by Gasteiger charge is -2.09. The van der Waals surface area contributed by atoms with Crippen LogP contribution in [0.15, 0.2) is 22.7 Å². The van der Waals surface area contributed by atoms with Gasteiger partial charge in [0.25, 0.3) is 0 Å². The molecule has 1 aromatic heterocycles. The molecule has 0 radical (unpaired) electrons. The molecule has 0 saturated heterocycles. The normalized spacial score (nSPS) is 10.3. The molecule has 0 unspecified atom stereocenters. The molecule has 1 N–H and O–H groups in total. The van der Waals surface area contributed by atoms with E-state index in [-0.39, 0.29) is 33.4 Å². The predicted molar refractivity (Wildman–Crippen MR) is 77.1 cm³/mol. The van der Waals surface area contributed by atoms with E-state index in [4.69, 9.17) is 4.74 Å². The van der Waals surface area contributed by atoms with Gasteiger partial charge < -0.3 is 10.1 Å². The lowest BCUT2D eigenvalue weighted by molar-refractivity contribution is -0.386. The van der Waals surface area contributed by atoms with Gasteiger partial charge in [0.1, 0.15) is 17.3 Å². The molecule has 1 heterocycles. The van der Waals surface area contributed by atoms with Crippen molar-refractivity contribution in [2.75, 3.05) is 12.4 Å². The molecule has 0 atom stereocenters. The third-order valence-corrected chi connectivity index (χ3v) is 3.15. The monoisotopic (exact) mass is 356 g/mol. The molecule has 2 aromatic rings. The Morgan fingerprint density at radius 2 is 2.14 bits per heavy atom. The summed E-state index contributed by atoms with van der Waals surface area (Å²) in [6, 6.07) is 3.88. The fourth-order valence-corrected chi connectivity index (χ4v) is 1.94. The second-order valence-corrected chi connectivity index (χ2v) is 4.83. The van der Waals surface area contributed by atoms with Gasteiger partial charge in [-0.1, -0.05) is 0 Å². The van der Waals surface area contributed by atoms with Crippen molar-refractivity contribution in [3.8, 4) is 11.6 Å². The largest absolute Gasteiger partial charge is 0.434 e. The van der Waals surface area contributed by atoms with E-state index in [1.54, 1.807) is 7.05 Å². The number of nitrogens with one attached hydrogen (secondary N) is 1. The van der Waals surface area contributed by atoms with Gasteiger partial charge >= 0.3 is 11.6 Å². The summed E-state index contributed by atoms with van der Waals surface area (Å²) in [5, 5.41) is 13.8. The van der Waals surface area contributed by atoms with Gasteiger partial charge in [-0.15, -0.1) is 0 Å². The summed E-state index contributed by atoms with van der Waals surface area (Å²) in [6.45, 7) is 1.48. The van der Waals surface area contributed by atoms with Crippen molar-refractivity contribution in [1.82, 2.24) is 9.97 Å². The van der Waals surface area contributed by atoms with E-state index in [9.17, 15) is 14.5 Å². The van der Waals surface area contributed by atoms with E-state index in [1.807, 2.05) is 0 Å². The zero-order chi connectivity index (χ0) is 15.6. The lowest BCUT2D eigenvalue weighted by Crippen LogP contribution is -2.05. The van der Waals surface area contributed by atoms with E-state index in [0.717, 1.165) is 0 Å². The first kappa shape index (κ1) is 15.1. The van der Waals surface area contributed by atoms with Gasteiger partial charge in [0.15, 0.2) is 0 Å². The highest BCUT2D eigenvalue weighted by Gasteiger charge is 2.24. The molecule has 0 fully saturated rings. The summed E-state index contributed by atoms with van der Waals surface area (Å²) >= 11 is 3.02. The van der Waals surface area contributed by atoms with Gasteiger partial charge in [-0.05, 0) is 41.1 Å². The maximum Gasteiger partial charge on any atom is 0.352 e. The first-order valence-corrected chi connectivity index (χ1v) is 6.55. The van der Waals surface area contributed by atoms with E-state index in [2.05, 4.69) is 31.2 Å². The summed E-state index contributed by atoms with van der Waals surface area (Å²) < 4.78 is 18.8. The van der Waals surface area contributed by atoms with Crippen LogP contribution in [0.3, 0.4) is 0 Å². The number of hydrogen-bond donors (Lipinski definition) is 1. The van der Waals surface area contributed by atoms with E-state index in [1.165, 1.54) is 25.1 Å². The quantitative estimate of drug-likeness (QED) is 0.666. The van der Waals surface area contributed by atoms with Gasteiger partial charge in [0.05, 0.1) is 9.40 Å². The zero-order valence-corrected chi connectivity index (χ0v) is 12.6. The number of nitro groups is 1. The Morgan fingerprint density at radius 1 is 1.43 bits per heavy atom. The molecule has 110 valence electrons. The van der Waals surface area contributed by atoms with Crippen molar-refractivity contribution < 1.29 is 14.1 Å². The third kappa shape index (κ3) is 3.24. The lowest BCUT2D eigenvalue weighted by atomic mass is 10.3. The molecule has 0 bridgehead atoms. The van der Waals surface area contributed by atoms with Gasteiger partial charge in [-0.3, -0.25) is 10.1 Å². The van der Waals surface area contributed by atoms with Crippen LogP contribution in [0.4, 0.5) is 16.0 Å². The molecule has 0 amide bonds. The van der Waals surface area contributed by atoms with Crippen molar-refractivity contribution in [1.29, 1.82) is 0 Å². The molecule has 2 rings (SSSR count). The molecule has 0 aliphatic heterocycles. The third-order valence-electron chi connectivity index (χ3n) is 2.54. The summed E-state index contributed by atoms with van der Waals surface area (Å²) in [6.07, 6.45) is 0. The summed E-state index contributed by atoms with van der Waals surface area (Å²) in [5.41, 5.74) is -0.176. The number of hydrogen-bond acceptors (Lipinski definition) is 6. The van der Waals surface area contributed by atoms with Gasteiger partial charge in [-0.25, -0.2) is 9.37 Å². The van der Waals surface area contributed by atoms with Crippen molar-refractivity contribution in [2.45, 2.75) is 6.92 Å². The van der Waals surface area contributed by atoms with Crippen LogP contribution in [0.2, 0.25) is 0 Å². The smallest absolute Gasteiger partial charge is 0.352 e.